The normalized spacial score (nSPS) is 11.6. The molecule has 0 spiro atoms. The van der Waals surface area contributed by atoms with E-state index in [4.69, 9.17) is 15.0 Å². The van der Waals surface area contributed by atoms with E-state index in [2.05, 4.69) is 108 Å². The van der Waals surface area contributed by atoms with Crippen molar-refractivity contribution in [1.29, 1.82) is 0 Å². The number of benzene rings is 3. The molecule has 2 N–H and O–H groups in total. The molecule has 1 heterocycles. The van der Waals surface area contributed by atoms with E-state index in [9.17, 15) is 0 Å². The fourth-order valence-electron chi connectivity index (χ4n) is 15.8. The topological polar surface area (TPSA) is 62.7 Å². The van der Waals surface area contributed by atoms with Crippen LogP contribution in [0, 0.1) is 0 Å². The first-order chi connectivity index (χ1) is 49.5. The third-order valence-corrected chi connectivity index (χ3v) is 22.4. The van der Waals surface area contributed by atoms with Gasteiger partial charge in [0.25, 0.3) is 0 Å². The van der Waals surface area contributed by atoms with Crippen LogP contribution in [0.25, 0.3) is 11.4 Å². The fourth-order valence-corrected chi connectivity index (χ4v) is 15.8. The van der Waals surface area contributed by atoms with E-state index in [-0.39, 0.29) is 0 Å². The Hall–Kier alpha value is -3.73. The number of unbranched alkanes of at least 4 members (excludes halogenated alkanes) is 54. The van der Waals surface area contributed by atoms with Crippen LogP contribution in [-0.4, -0.2) is 15.0 Å². The van der Waals surface area contributed by atoms with Crippen LogP contribution in [0.3, 0.4) is 0 Å². The van der Waals surface area contributed by atoms with Crippen LogP contribution in [0.5, 0.6) is 0 Å². The lowest BCUT2D eigenvalue weighted by molar-refractivity contribution is 0.551. The summed E-state index contributed by atoms with van der Waals surface area (Å²) in [6.45, 7) is 16.2. The summed E-state index contributed by atoms with van der Waals surface area (Å²) < 4.78 is 0. The standard InChI is InChI=1S/C95H165N5/c1-8-15-21-27-33-39-45-51-57-63-69-85-79-89(80-86(70-64-58-52-46-40-34-28-22-16-9-2)91(85)73-67-61-55-49-43-37-31-25-19-12-5)96-94-98-93(84-77-75-83(14-7)76-78-84)99-95(100-94)97-90-81-87(71-65-59-53-47-41-35-29-23-17-10-3)92(74-68-62-56-50-44-38-32-26-20-13-6)88(82-90)72-66-60-54-48-42-36-30-24-18-11-4/h75-82H,8-74H2,1-7H3,(H2,96,97,98,99,100). The molecule has 0 bridgehead atoms. The molecule has 0 aliphatic rings. The molecule has 100 heavy (non-hydrogen) atoms. The molecule has 0 unspecified atom stereocenters. The lowest BCUT2D eigenvalue weighted by atomic mass is 9.89. The van der Waals surface area contributed by atoms with E-state index in [0.717, 1.165) is 54.9 Å². The summed E-state index contributed by atoms with van der Waals surface area (Å²) >= 11 is 0. The molecule has 0 fully saturated rings. The van der Waals surface area contributed by atoms with Gasteiger partial charge in [-0.15, -0.1) is 0 Å². The molecule has 0 amide bonds. The predicted octanol–water partition coefficient (Wildman–Crippen LogP) is 32.4. The van der Waals surface area contributed by atoms with Gasteiger partial charge >= 0.3 is 0 Å². The second-order valence-corrected chi connectivity index (χ2v) is 31.7. The second kappa shape index (κ2) is 63.7. The third kappa shape index (κ3) is 44.2. The van der Waals surface area contributed by atoms with Gasteiger partial charge < -0.3 is 10.6 Å². The van der Waals surface area contributed by atoms with E-state index in [1.54, 1.807) is 33.4 Å². The number of rotatable bonds is 72. The largest absolute Gasteiger partial charge is 0.324 e. The van der Waals surface area contributed by atoms with Gasteiger partial charge in [0.1, 0.15) is 0 Å². The Balaban J connectivity index is 1.75. The van der Waals surface area contributed by atoms with Crippen molar-refractivity contribution < 1.29 is 0 Å². The summed E-state index contributed by atoms with van der Waals surface area (Å²) in [5.74, 6) is 2.00. The van der Waals surface area contributed by atoms with Crippen molar-refractivity contribution in [2.24, 2.45) is 0 Å². The lowest BCUT2D eigenvalue weighted by Gasteiger charge is -2.20. The average molecular weight is 1380 g/mol. The molecule has 4 rings (SSSR count). The zero-order chi connectivity index (χ0) is 71.1. The molecule has 0 saturated heterocycles. The molecule has 5 nitrogen and oxygen atoms in total. The number of anilines is 4. The van der Waals surface area contributed by atoms with Gasteiger partial charge in [-0.05, 0) is 147 Å². The highest BCUT2D eigenvalue weighted by molar-refractivity contribution is 5.66. The Kier molecular flexibility index (Phi) is 56.5. The molecular formula is C95H165N5. The first kappa shape index (κ1) is 88.7. The predicted molar refractivity (Wildman–Crippen MR) is 447 cm³/mol. The van der Waals surface area contributed by atoms with E-state index in [0.29, 0.717) is 11.9 Å². The Bertz CT molecular complexity index is 2240. The Morgan fingerprint density at radius 3 is 0.630 bits per heavy atom. The maximum absolute atomic E-state index is 5.42. The molecule has 0 aliphatic carbocycles. The van der Waals surface area contributed by atoms with Crippen molar-refractivity contribution >= 4 is 23.3 Å². The van der Waals surface area contributed by atoms with Gasteiger partial charge in [-0.3, -0.25) is 0 Å². The summed E-state index contributed by atoms with van der Waals surface area (Å²) in [6, 6.07) is 19.2. The molecule has 0 aliphatic heterocycles. The van der Waals surface area contributed by atoms with Crippen LogP contribution in [-0.2, 0) is 44.9 Å². The maximum Gasteiger partial charge on any atom is 0.232 e. The highest BCUT2D eigenvalue weighted by Gasteiger charge is 2.18. The quantitative estimate of drug-likeness (QED) is 0.0431. The molecule has 0 radical (unpaired) electrons. The number of nitrogens with zero attached hydrogens (tertiary/aromatic N) is 3. The van der Waals surface area contributed by atoms with Gasteiger partial charge in [0, 0.05) is 16.9 Å². The van der Waals surface area contributed by atoms with Crippen LogP contribution in [0.15, 0.2) is 48.5 Å². The van der Waals surface area contributed by atoms with Gasteiger partial charge in [-0.2, -0.15) is 15.0 Å². The monoisotopic (exact) mass is 1380 g/mol. The molecular weight excluding hydrogens is 1210 g/mol. The zero-order valence-corrected chi connectivity index (χ0v) is 67.8. The SMILES string of the molecule is CCCCCCCCCCCCc1cc(Nc2nc(Nc3cc(CCCCCCCCCCCC)c(CCCCCCCCCCCC)c(CCCCCCCCCCCC)c3)nc(-c3ccc(CC)cc3)n2)cc(CCCCCCCCCCCC)c1CCCCCCCCCCCC. The van der Waals surface area contributed by atoms with E-state index >= 15 is 0 Å². The summed E-state index contributed by atoms with van der Waals surface area (Å²) in [4.78, 5) is 16.2. The minimum Gasteiger partial charge on any atom is -0.324 e. The van der Waals surface area contributed by atoms with Crippen molar-refractivity contribution in [3.05, 3.63) is 87.5 Å². The van der Waals surface area contributed by atoms with Gasteiger partial charge in [0.2, 0.25) is 11.9 Å². The minimum atomic E-state index is 0.637. The average Bonchev–Trinajstić information content (AvgIpc) is 0.811. The fraction of sp³-hybridized carbons (Fsp3) is 0.779. The van der Waals surface area contributed by atoms with Crippen LogP contribution in [0.2, 0.25) is 0 Å². The van der Waals surface area contributed by atoms with Crippen LogP contribution in [0.4, 0.5) is 23.3 Å². The van der Waals surface area contributed by atoms with E-state index in [1.807, 2.05) is 0 Å². The Morgan fingerprint density at radius 2 is 0.420 bits per heavy atom. The summed E-state index contributed by atoms with van der Waals surface area (Å²) in [6.07, 6.45) is 90.3. The van der Waals surface area contributed by atoms with Gasteiger partial charge in [-0.1, -0.05) is 419 Å². The Morgan fingerprint density at radius 1 is 0.220 bits per heavy atom. The van der Waals surface area contributed by atoms with Crippen molar-refractivity contribution in [3.8, 4) is 11.4 Å². The number of nitrogens with one attached hydrogen (secondary N) is 2. The summed E-state index contributed by atoms with van der Waals surface area (Å²) in [5.41, 5.74) is 14.3. The number of aromatic nitrogens is 3. The zero-order valence-electron chi connectivity index (χ0n) is 67.8. The summed E-state index contributed by atoms with van der Waals surface area (Å²) in [5, 5.41) is 7.93. The highest BCUT2D eigenvalue weighted by Crippen LogP contribution is 2.33. The molecule has 4 aromatic rings. The van der Waals surface area contributed by atoms with Gasteiger partial charge in [0.05, 0.1) is 0 Å². The number of hydrogen-bond donors (Lipinski definition) is 2. The third-order valence-electron chi connectivity index (χ3n) is 22.4. The first-order valence-corrected chi connectivity index (χ1v) is 45.1. The van der Waals surface area contributed by atoms with Crippen LogP contribution in [0.1, 0.15) is 473 Å². The minimum absolute atomic E-state index is 0.637. The van der Waals surface area contributed by atoms with Crippen LogP contribution >= 0.6 is 0 Å². The number of hydrogen-bond acceptors (Lipinski definition) is 5. The lowest BCUT2D eigenvalue weighted by Crippen LogP contribution is -2.09. The van der Waals surface area contributed by atoms with E-state index < -0.39 is 0 Å². The molecule has 3 aromatic carbocycles. The van der Waals surface area contributed by atoms with Gasteiger partial charge in [0.15, 0.2) is 5.82 Å². The smallest absolute Gasteiger partial charge is 0.232 e. The Labute approximate surface area is 622 Å². The molecule has 0 saturated carbocycles. The van der Waals surface area contributed by atoms with Crippen LogP contribution < -0.4 is 10.6 Å². The first-order valence-electron chi connectivity index (χ1n) is 45.1. The highest BCUT2D eigenvalue weighted by atomic mass is 15.2. The number of aryl methyl sites for hydroxylation is 5. The molecule has 1 aromatic heterocycles. The van der Waals surface area contributed by atoms with Crippen molar-refractivity contribution in [2.45, 2.75) is 479 Å². The van der Waals surface area contributed by atoms with Crippen molar-refractivity contribution in [3.63, 3.8) is 0 Å². The van der Waals surface area contributed by atoms with Gasteiger partial charge in [-0.25, -0.2) is 0 Å². The molecule has 5 heteroatoms. The van der Waals surface area contributed by atoms with E-state index in [1.165, 1.54) is 404 Å². The second-order valence-electron chi connectivity index (χ2n) is 31.7. The molecule has 570 valence electrons. The summed E-state index contributed by atoms with van der Waals surface area (Å²) in [7, 11) is 0. The van der Waals surface area contributed by atoms with Crippen molar-refractivity contribution in [1.82, 2.24) is 15.0 Å². The molecule has 0 atom stereocenters. The van der Waals surface area contributed by atoms with Crippen molar-refractivity contribution in [2.75, 3.05) is 10.6 Å². The maximum atomic E-state index is 5.42.